The molecule has 0 unspecified atom stereocenters. The first-order valence-electron chi connectivity index (χ1n) is 7.78. The van der Waals surface area contributed by atoms with E-state index in [1.165, 1.54) is 22.3 Å². The largest absolute Gasteiger partial charge is 0.394 e. The van der Waals surface area contributed by atoms with Crippen LogP contribution in [-0.4, -0.2) is 21.5 Å². The zero-order valence-corrected chi connectivity index (χ0v) is 13.2. The Morgan fingerprint density at radius 2 is 2.00 bits per heavy atom. The van der Waals surface area contributed by atoms with Crippen molar-refractivity contribution in [3.63, 3.8) is 0 Å². The smallest absolute Gasteiger partial charge is 0.0729 e. The number of aliphatic hydroxyl groups is 1. The number of aliphatic hydroxyl groups excluding tert-OH is 1. The molecule has 1 aromatic heterocycles. The van der Waals surface area contributed by atoms with Gasteiger partial charge in [0.25, 0.3) is 0 Å². The van der Waals surface area contributed by atoms with Crippen LogP contribution in [0.15, 0.2) is 60.9 Å². The molecule has 0 saturated carbocycles. The number of benzene rings is 2. The van der Waals surface area contributed by atoms with Gasteiger partial charge in [0.15, 0.2) is 0 Å². The van der Waals surface area contributed by atoms with Crippen LogP contribution in [0.5, 0.6) is 0 Å². The average molecular weight is 307 g/mol. The van der Waals surface area contributed by atoms with Gasteiger partial charge < -0.3 is 10.4 Å². The van der Waals surface area contributed by atoms with Gasteiger partial charge >= 0.3 is 0 Å². The fourth-order valence-electron chi connectivity index (χ4n) is 2.63. The maximum Gasteiger partial charge on any atom is 0.0729 e. The second-order valence-electron chi connectivity index (χ2n) is 5.58. The first-order valence-corrected chi connectivity index (χ1v) is 7.78. The quantitative estimate of drug-likeness (QED) is 0.733. The van der Waals surface area contributed by atoms with E-state index in [1.807, 2.05) is 6.20 Å². The Kier molecular flexibility index (Phi) is 4.74. The Hall–Kier alpha value is -2.59. The van der Waals surface area contributed by atoms with Crippen LogP contribution in [0, 0.1) is 6.92 Å². The molecule has 3 rings (SSSR count). The lowest BCUT2D eigenvalue weighted by Crippen LogP contribution is -2.02. The molecule has 118 valence electrons. The number of aromatic nitrogens is 2. The molecule has 3 aromatic rings. The summed E-state index contributed by atoms with van der Waals surface area (Å²) in [5, 5.41) is 16.5. The Labute approximate surface area is 136 Å². The van der Waals surface area contributed by atoms with E-state index in [1.54, 1.807) is 10.9 Å². The molecule has 4 heteroatoms. The van der Waals surface area contributed by atoms with Crippen molar-refractivity contribution >= 4 is 5.69 Å². The molecule has 0 fully saturated rings. The second-order valence-corrected chi connectivity index (χ2v) is 5.58. The number of hydrogen-bond acceptors (Lipinski definition) is 3. The summed E-state index contributed by atoms with van der Waals surface area (Å²) in [6.07, 6.45) is 3.68. The third kappa shape index (κ3) is 3.79. The van der Waals surface area contributed by atoms with Gasteiger partial charge in [0.05, 0.1) is 25.0 Å². The molecular formula is C19H21N3O. The average Bonchev–Trinajstić information content (AvgIpc) is 3.02. The molecule has 0 radical (unpaired) electrons. The fraction of sp³-hybridized carbons (Fsp3) is 0.211. The van der Waals surface area contributed by atoms with E-state index in [0.29, 0.717) is 6.54 Å². The standard InChI is InChI=1S/C19H21N3O/c1-15-5-2-3-8-19(15)17-7-4-6-16(11-17)12-20-18-13-21-22(14-18)9-10-23/h2-8,11,13-14,20,23H,9-10,12H2,1H3. The van der Waals surface area contributed by atoms with Gasteiger partial charge in [0, 0.05) is 12.7 Å². The second kappa shape index (κ2) is 7.11. The predicted molar refractivity (Wildman–Crippen MR) is 93.3 cm³/mol. The van der Waals surface area contributed by atoms with Crippen LogP contribution in [-0.2, 0) is 13.1 Å². The monoisotopic (exact) mass is 307 g/mol. The van der Waals surface area contributed by atoms with Crippen LogP contribution in [0.3, 0.4) is 0 Å². The highest BCUT2D eigenvalue weighted by atomic mass is 16.3. The zero-order valence-electron chi connectivity index (χ0n) is 13.2. The Morgan fingerprint density at radius 3 is 2.83 bits per heavy atom. The third-order valence-electron chi connectivity index (χ3n) is 3.84. The van der Waals surface area contributed by atoms with Crippen molar-refractivity contribution in [2.45, 2.75) is 20.0 Å². The van der Waals surface area contributed by atoms with Crippen molar-refractivity contribution in [1.29, 1.82) is 0 Å². The molecule has 1 heterocycles. The zero-order chi connectivity index (χ0) is 16.1. The maximum atomic E-state index is 8.92. The first kappa shape index (κ1) is 15.3. The Balaban J connectivity index is 1.71. The summed E-state index contributed by atoms with van der Waals surface area (Å²) in [4.78, 5) is 0. The summed E-state index contributed by atoms with van der Waals surface area (Å²) >= 11 is 0. The molecule has 2 N–H and O–H groups in total. The van der Waals surface area contributed by atoms with Crippen molar-refractivity contribution < 1.29 is 5.11 Å². The third-order valence-corrected chi connectivity index (χ3v) is 3.84. The Bertz CT molecular complexity index is 780. The number of rotatable bonds is 6. The van der Waals surface area contributed by atoms with Gasteiger partial charge in [0.1, 0.15) is 0 Å². The van der Waals surface area contributed by atoms with Gasteiger partial charge in [-0.3, -0.25) is 4.68 Å². The minimum atomic E-state index is 0.0968. The molecule has 2 aromatic carbocycles. The van der Waals surface area contributed by atoms with Crippen molar-refractivity contribution in [2.24, 2.45) is 0 Å². The van der Waals surface area contributed by atoms with E-state index in [0.717, 1.165) is 12.2 Å². The van der Waals surface area contributed by atoms with Crippen molar-refractivity contribution in [3.8, 4) is 11.1 Å². The van der Waals surface area contributed by atoms with Gasteiger partial charge in [-0.25, -0.2) is 0 Å². The highest BCUT2D eigenvalue weighted by Crippen LogP contribution is 2.24. The SMILES string of the molecule is Cc1ccccc1-c1cccc(CNc2cnn(CCO)c2)c1. The number of aryl methyl sites for hydroxylation is 1. The van der Waals surface area contributed by atoms with Gasteiger partial charge in [-0.05, 0) is 35.2 Å². The molecule has 23 heavy (non-hydrogen) atoms. The molecule has 4 nitrogen and oxygen atoms in total. The highest BCUT2D eigenvalue weighted by molar-refractivity contribution is 5.67. The summed E-state index contributed by atoms with van der Waals surface area (Å²) < 4.78 is 1.73. The molecule has 0 aliphatic carbocycles. The van der Waals surface area contributed by atoms with Crippen LogP contribution in [0.25, 0.3) is 11.1 Å². The van der Waals surface area contributed by atoms with E-state index in [-0.39, 0.29) is 6.61 Å². The van der Waals surface area contributed by atoms with Crippen LogP contribution in [0.2, 0.25) is 0 Å². The number of nitrogens with zero attached hydrogens (tertiary/aromatic N) is 2. The summed E-state index contributed by atoms with van der Waals surface area (Å²) in [7, 11) is 0. The topological polar surface area (TPSA) is 50.1 Å². The van der Waals surface area contributed by atoms with E-state index >= 15 is 0 Å². The Morgan fingerprint density at radius 1 is 1.13 bits per heavy atom. The predicted octanol–water partition coefficient (Wildman–Crippen LogP) is 3.46. The van der Waals surface area contributed by atoms with Gasteiger partial charge in [-0.2, -0.15) is 5.10 Å². The van der Waals surface area contributed by atoms with Crippen molar-refractivity contribution in [2.75, 3.05) is 11.9 Å². The lowest BCUT2D eigenvalue weighted by Gasteiger charge is -2.09. The van der Waals surface area contributed by atoms with Crippen LogP contribution in [0.1, 0.15) is 11.1 Å². The summed E-state index contributed by atoms with van der Waals surface area (Å²) in [6.45, 7) is 3.49. The van der Waals surface area contributed by atoms with Gasteiger partial charge in [-0.15, -0.1) is 0 Å². The molecule has 0 aliphatic rings. The molecule has 0 saturated heterocycles. The molecule has 0 bridgehead atoms. The molecule has 0 spiro atoms. The van der Waals surface area contributed by atoms with Crippen LogP contribution >= 0.6 is 0 Å². The fourth-order valence-corrected chi connectivity index (χ4v) is 2.63. The summed E-state index contributed by atoms with van der Waals surface area (Å²) in [6, 6.07) is 17.0. The lowest BCUT2D eigenvalue weighted by molar-refractivity contribution is 0.269. The number of nitrogens with one attached hydrogen (secondary N) is 1. The number of hydrogen-bond donors (Lipinski definition) is 2. The summed E-state index contributed by atoms with van der Waals surface area (Å²) in [5.74, 6) is 0. The van der Waals surface area contributed by atoms with Crippen LogP contribution in [0.4, 0.5) is 5.69 Å². The molecule has 0 atom stereocenters. The van der Waals surface area contributed by atoms with Crippen molar-refractivity contribution in [1.82, 2.24) is 9.78 Å². The first-order chi connectivity index (χ1) is 11.3. The van der Waals surface area contributed by atoms with E-state index in [9.17, 15) is 0 Å². The van der Waals surface area contributed by atoms with Crippen molar-refractivity contribution in [3.05, 3.63) is 72.1 Å². The minimum absolute atomic E-state index is 0.0968. The maximum absolute atomic E-state index is 8.92. The molecule has 0 amide bonds. The lowest BCUT2D eigenvalue weighted by atomic mass is 9.99. The normalized spacial score (nSPS) is 10.7. The summed E-state index contributed by atoms with van der Waals surface area (Å²) in [5.41, 5.74) is 5.96. The van der Waals surface area contributed by atoms with E-state index < -0.39 is 0 Å². The molecular weight excluding hydrogens is 286 g/mol. The number of anilines is 1. The molecule has 0 aliphatic heterocycles. The van der Waals surface area contributed by atoms with Gasteiger partial charge in [0.2, 0.25) is 0 Å². The minimum Gasteiger partial charge on any atom is -0.394 e. The van der Waals surface area contributed by atoms with E-state index in [4.69, 9.17) is 5.11 Å². The van der Waals surface area contributed by atoms with Crippen LogP contribution < -0.4 is 5.32 Å². The van der Waals surface area contributed by atoms with Gasteiger partial charge in [-0.1, -0.05) is 42.5 Å². The highest BCUT2D eigenvalue weighted by Gasteiger charge is 2.03. The van der Waals surface area contributed by atoms with E-state index in [2.05, 4.69) is 65.9 Å².